The van der Waals surface area contributed by atoms with E-state index in [-0.39, 0.29) is 41.7 Å². The van der Waals surface area contributed by atoms with E-state index in [0.29, 0.717) is 0 Å². The summed E-state index contributed by atoms with van der Waals surface area (Å²) in [5, 5.41) is 30.4. The van der Waals surface area contributed by atoms with Crippen molar-refractivity contribution < 1.29 is 81.4 Å². The number of carbonyl (C=O) groups is 4. The number of hydrogen-bond acceptors (Lipinski definition) is 4. The maximum atomic E-state index is 9.25. The zero-order chi connectivity index (χ0) is 17.1. The zero-order valence-corrected chi connectivity index (χ0v) is 14.2. The minimum Gasteiger partial charge on any atom is -0.478 e. The Balaban J connectivity index is -0.0000000533. The summed E-state index contributed by atoms with van der Waals surface area (Å²) in [6.45, 7) is 11.8. The molecule has 0 bridgehead atoms. The molecule has 0 unspecified atom stereocenters. The predicted octanol–water partition coefficient (Wildman–Crippen LogP) is 1.03. The van der Waals surface area contributed by atoms with Gasteiger partial charge in [0.25, 0.3) is 0 Å². The molecule has 0 atom stereocenters. The average Bonchev–Trinajstić information content (AvgIpc) is 2.40. The van der Waals surface area contributed by atoms with Gasteiger partial charge in [0.1, 0.15) is 0 Å². The SMILES string of the molecule is C=CC(=O)O.C=CC(=O)O.C=CC(=O)O.C=CC(=O)O.[Ce]. The zero-order valence-electron chi connectivity index (χ0n) is 11.1. The maximum Gasteiger partial charge on any atom is 0.327 e. The van der Waals surface area contributed by atoms with Crippen LogP contribution in [0, 0.1) is 41.7 Å². The minimum atomic E-state index is -0.981. The Kier molecular flexibility index (Phi) is 40.1. The summed E-state index contributed by atoms with van der Waals surface area (Å²) in [7, 11) is 0. The van der Waals surface area contributed by atoms with E-state index < -0.39 is 23.9 Å². The van der Waals surface area contributed by atoms with Crippen LogP contribution in [0.15, 0.2) is 50.6 Å². The Labute approximate surface area is 155 Å². The van der Waals surface area contributed by atoms with Crippen molar-refractivity contribution >= 4 is 23.9 Å². The van der Waals surface area contributed by atoms with Crippen LogP contribution in [0.5, 0.6) is 0 Å². The number of hydrogen-bond donors (Lipinski definition) is 4. The molecule has 8 nitrogen and oxygen atoms in total. The van der Waals surface area contributed by atoms with Crippen molar-refractivity contribution in [2.75, 3.05) is 0 Å². The van der Waals surface area contributed by atoms with Gasteiger partial charge in [-0.3, -0.25) is 0 Å². The molecule has 4 N–H and O–H groups in total. The molecule has 0 rings (SSSR count). The molecular formula is C12H16CeO8. The van der Waals surface area contributed by atoms with Gasteiger partial charge in [-0.25, -0.2) is 19.2 Å². The van der Waals surface area contributed by atoms with Gasteiger partial charge in [-0.1, -0.05) is 26.3 Å². The molecule has 0 heterocycles. The molecule has 116 valence electrons. The van der Waals surface area contributed by atoms with E-state index in [0.717, 1.165) is 24.3 Å². The summed E-state index contributed by atoms with van der Waals surface area (Å²) < 4.78 is 0. The van der Waals surface area contributed by atoms with Crippen LogP contribution in [0.2, 0.25) is 0 Å². The second-order valence-electron chi connectivity index (χ2n) is 2.17. The van der Waals surface area contributed by atoms with Gasteiger partial charge in [0.2, 0.25) is 0 Å². The largest absolute Gasteiger partial charge is 0.478 e. The molecule has 0 aromatic heterocycles. The number of carboxylic acids is 4. The Hall–Kier alpha value is -1.78. The van der Waals surface area contributed by atoms with Crippen LogP contribution >= 0.6 is 0 Å². The molecule has 0 aliphatic carbocycles. The van der Waals surface area contributed by atoms with E-state index >= 15 is 0 Å². The fourth-order valence-electron chi connectivity index (χ4n) is 0. The Morgan fingerprint density at radius 2 is 0.571 bits per heavy atom. The molecule has 0 fully saturated rings. The molecule has 0 aromatic rings. The van der Waals surface area contributed by atoms with Gasteiger partial charge in [-0.15, -0.1) is 0 Å². The monoisotopic (exact) mass is 428 g/mol. The van der Waals surface area contributed by atoms with Gasteiger partial charge in [0, 0.05) is 66.1 Å². The van der Waals surface area contributed by atoms with Gasteiger partial charge in [0.15, 0.2) is 0 Å². The summed E-state index contributed by atoms with van der Waals surface area (Å²) in [5.74, 6) is -3.93. The van der Waals surface area contributed by atoms with Crippen LogP contribution in [-0.4, -0.2) is 44.3 Å². The molecule has 0 aliphatic heterocycles. The van der Waals surface area contributed by atoms with E-state index in [4.69, 9.17) is 20.4 Å². The van der Waals surface area contributed by atoms with Crippen molar-refractivity contribution in [1.82, 2.24) is 0 Å². The van der Waals surface area contributed by atoms with Crippen LogP contribution in [0.3, 0.4) is 0 Å². The van der Waals surface area contributed by atoms with Crippen LogP contribution in [0.4, 0.5) is 0 Å². The summed E-state index contributed by atoms with van der Waals surface area (Å²) in [6, 6.07) is 0. The molecule has 0 aliphatic rings. The molecule has 0 aromatic carbocycles. The summed E-state index contributed by atoms with van der Waals surface area (Å²) >= 11 is 0. The van der Waals surface area contributed by atoms with Crippen LogP contribution in [0.25, 0.3) is 0 Å². The van der Waals surface area contributed by atoms with E-state index in [1.807, 2.05) is 0 Å². The molecular weight excluding hydrogens is 412 g/mol. The van der Waals surface area contributed by atoms with E-state index in [9.17, 15) is 19.2 Å². The third kappa shape index (κ3) is 124. The van der Waals surface area contributed by atoms with Crippen molar-refractivity contribution in [1.29, 1.82) is 0 Å². The van der Waals surface area contributed by atoms with Crippen molar-refractivity contribution in [2.24, 2.45) is 0 Å². The third-order valence-electron chi connectivity index (χ3n) is 0.698. The maximum absolute atomic E-state index is 9.25. The van der Waals surface area contributed by atoms with Gasteiger partial charge in [-0.2, -0.15) is 0 Å². The summed E-state index contributed by atoms with van der Waals surface area (Å²) in [6.07, 6.45) is 3.33. The number of rotatable bonds is 4. The minimum absolute atomic E-state index is 0. The van der Waals surface area contributed by atoms with E-state index in [1.54, 1.807) is 0 Å². The molecule has 0 amide bonds. The first kappa shape index (κ1) is 31.6. The van der Waals surface area contributed by atoms with Crippen molar-refractivity contribution in [2.45, 2.75) is 0 Å². The first-order valence-corrected chi connectivity index (χ1v) is 4.50. The van der Waals surface area contributed by atoms with E-state index in [2.05, 4.69) is 26.3 Å². The fraction of sp³-hybridized carbons (Fsp3) is 0. The Morgan fingerprint density at radius 1 is 0.524 bits per heavy atom. The third-order valence-corrected chi connectivity index (χ3v) is 0.698. The van der Waals surface area contributed by atoms with Crippen LogP contribution in [-0.2, 0) is 19.2 Å². The number of carboxylic acid groups (broad SMARTS) is 4. The van der Waals surface area contributed by atoms with Crippen molar-refractivity contribution in [3.8, 4) is 0 Å². The average molecular weight is 428 g/mol. The second-order valence-corrected chi connectivity index (χ2v) is 2.17. The number of aliphatic carboxylic acids is 4. The van der Waals surface area contributed by atoms with Gasteiger partial charge < -0.3 is 20.4 Å². The normalized spacial score (nSPS) is 6.10. The first-order chi connectivity index (χ1) is 9.08. The van der Waals surface area contributed by atoms with Gasteiger partial charge in [0.05, 0.1) is 0 Å². The quantitative estimate of drug-likeness (QED) is 0.485. The van der Waals surface area contributed by atoms with Crippen LogP contribution in [0.1, 0.15) is 0 Å². The molecule has 0 radical (unpaired) electrons. The first-order valence-electron chi connectivity index (χ1n) is 4.50. The van der Waals surface area contributed by atoms with Crippen molar-refractivity contribution in [3.63, 3.8) is 0 Å². The molecule has 21 heavy (non-hydrogen) atoms. The van der Waals surface area contributed by atoms with Gasteiger partial charge in [-0.05, 0) is 0 Å². The van der Waals surface area contributed by atoms with Crippen LogP contribution < -0.4 is 0 Å². The standard InChI is InChI=1S/4C3H4O2.Ce/c4*1-2-3(4)5;/h4*2H,1H2,(H,4,5);. The van der Waals surface area contributed by atoms with E-state index in [1.165, 1.54) is 0 Å². The summed E-state index contributed by atoms with van der Waals surface area (Å²) in [4.78, 5) is 37.0. The molecule has 0 saturated heterocycles. The molecule has 0 spiro atoms. The second kappa shape index (κ2) is 26.7. The Morgan fingerprint density at radius 3 is 0.571 bits per heavy atom. The molecule has 9 heteroatoms. The fourth-order valence-corrected chi connectivity index (χ4v) is 0. The van der Waals surface area contributed by atoms with Crippen molar-refractivity contribution in [3.05, 3.63) is 50.6 Å². The van der Waals surface area contributed by atoms with Gasteiger partial charge >= 0.3 is 23.9 Å². The topological polar surface area (TPSA) is 149 Å². The smallest absolute Gasteiger partial charge is 0.327 e. The summed E-state index contributed by atoms with van der Waals surface area (Å²) in [5.41, 5.74) is 0. The Bertz CT molecular complexity index is 301. The predicted molar refractivity (Wildman–Crippen MR) is 71.3 cm³/mol. The molecule has 0 saturated carbocycles.